The summed E-state index contributed by atoms with van der Waals surface area (Å²) in [4.78, 5) is 26.6. The van der Waals surface area contributed by atoms with Gasteiger partial charge in [0.15, 0.2) is 12.4 Å². The number of aliphatic hydroxyl groups excluding tert-OH is 5. The van der Waals surface area contributed by atoms with Crippen molar-refractivity contribution < 1.29 is 49.3 Å². The Bertz CT molecular complexity index is 1690. The molecule has 466 valence electrons. The highest BCUT2D eigenvalue weighted by Crippen LogP contribution is 2.26. The average molecular weight is 1140 g/mol. The van der Waals surface area contributed by atoms with Crippen LogP contribution in [0.2, 0.25) is 0 Å². The third kappa shape index (κ3) is 44.7. The molecular formula is C70H121NO10. The minimum atomic E-state index is -1.63. The maximum absolute atomic E-state index is 13.5. The zero-order valence-electron chi connectivity index (χ0n) is 51.6. The smallest absolute Gasteiger partial charge is 0.306 e. The second-order valence-corrected chi connectivity index (χ2v) is 22.6. The van der Waals surface area contributed by atoms with E-state index in [9.17, 15) is 35.1 Å². The first kappa shape index (κ1) is 75.6. The van der Waals surface area contributed by atoms with Gasteiger partial charge in [-0.05, 0) is 83.5 Å². The Labute approximate surface area is 495 Å². The molecule has 11 nitrogen and oxygen atoms in total. The first-order chi connectivity index (χ1) is 39.7. The van der Waals surface area contributed by atoms with Crippen molar-refractivity contribution >= 4 is 11.9 Å². The fourth-order valence-corrected chi connectivity index (χ4v) is 9.85. The lowest BCUT2D eigenvalue weighted by atomic mass is 9.99. The van der Waals surface area contributed by atoms with Gasteiger partial charge in [-0.25, -0.2) is 0 Å². The van der Waals surface area contributed by atoms with Crippen LogP contribution in [0.5, 0.6) is 0 Å². The molecule has 1 aliphatic rings. The van der Waals surface area contributed by atoms with E-state index in [1.807, 2.05) is 42.5 Å². The molecule has 0 aromatic heterocycles. The Kier molecular flexibility index (Phi) is 53.2. The van der Waals surface area contributed by atoms with Gasteiger partial charge in [0.05, 0.1) is 25.4 Å². The number of carbonyl (C=O) groups is 2. The zero-order valence-corrected chi connectivity index (χ0v) is 51.6. The highest BCUT2D eigenvalue weighted by atomic mass is 16.7. The number of amides is 1. The standard InChI is InChI=1S/C70H121NO10/c1-4-7-10-13-16-19-22-24-26-27-28-29-30-31-32-33-34-35-36-38-39-42-45-48-51-54-57-63(74)69(78)71-61(62(73)56-53-50-47-44-41-21-18-15-12-9-6-3)60-79-70-68(67(77)66(76)64(59-72)80-70)81-65(75)58-55-52-49-46-43-40-37-25-23-20-17-14-11-8-5-2/h8,11,14,16-17,19-20,23-26,28-29,37,53,56,61-64,66-68,70,72-74,76-77H,4-7,9-10,12-13,15,18,21-22,27,30-36,38-52,54-55,57-60H2,1-3H3,(H,71,78)/b11-8+,17-14+,19-16-,23-20+,26-24-,29-28-,37-25-,56-53+. The molecule has 8 atom stereocenters. The first-order valence-electron chi connectivity index (χ1n) is 33.1. The van der Waals surface area contributed by atoms with Gasteiger partial charge in [-0.1, -0.05) is 279 Å². The van der Waals surface area contributed by atoms with E-state index >= 15 is 0 Å². The van der Waals surface area contributed by atoms with Crippen LogP contribution in [-0.4, -0.2) is 99.6 Å². The SMILES string of the molecule is CC/C=C/C=C/C=C/C=C\CCCCCCCC(=O)OC1C(OCC(NC(=O)C(O)CCCCCCCCCCCCCCC/C=C\C/C=C\C/C=C\CCCCC)C(O)/C=C/CCCCCCCCCCC)OC(CO)C(O)C1O. The number of allylic oxidation sites excluding steroid dienone is 15. The number of esters is 1. The number of hydrogen-bond donors (Lipinski definition) is 6. The zero-order chi connectivity index (χ0) is 58.9. The molecule has 0 radical (unpaired) electrons. The van der Waals surface area contributed by atoms with Crippen LogP contribution in [0.1, 0.15) is 271 Å². The van der Waals surface area contributed by atoms with Crippen molar-refractivity contribution in [3.8, 4) is 0 Å². The molecule has 6 N–H and O–H groups in total. The molecule has 1 aliphatic heterocycles. The van der Waals surface area contributed by atoms with Gasteiger partial charge in [-0.3, -0.25) is 9.59 Å². The summed E-state index contributed by atoms with van der Waals surface area (Å²) in [6.07, 6.45) is 66.0. The van der Waals surface area contributed by atoms with Crippen molar-refractivity contribution in [1.82, 2.24) is 5.32 Å². The molecule has 0 aromatic carbocycles. The van der Waals surface area contributed by atoms with E-state index in [4.69, 9.17) is 14.2 Å². The van der Waals surface area contributed by atoms with Crippen molar-refractivity contribution in [2.24, 2.45) is 0 Å². The molecule has 81 heavy (non-hydrogen) atoms. The Morgan fingerprint density at radius 3 is 1.47 bits per heavy atom. The summed E-state index contributed by atoms with van der Waals surface area (Å²) in [6.45, 7) is 5.61. The van der Waals surface area contributed by atoms with Crippen molar-refractivity contribution in [3.05, 3.63) is 97.2 Å². The van der Waals surface area contributed by atoms with E-state index < -0.39 is 67.4 Å². The summed E-state index contributed by atoms with van der Waals surface area (Å²) in [6, 6.07) is -1.03. The van der Waals surface area contributed by atoms with Gasteiger partial charge in [0.2, 0.25) is 5.91 Å². The van der Waals surface area contributed by atoms with Gasteiger partial charge in [0, 0.05) is 6.42 Å². The van der Waals surface area contributed by atoms with Crippen molar-refractivity contribution in [2.75, 3.05) is 13.2 Å². The Hall–Kier alpha value is -3.42. The largest absolute Gasteiger partial charge is 0.454 e. The summed E-state index contributed by atoms with van der Waals surface area (Å²) in [5.74, 6) is -1.22. The number of hydrogen-bond acceptors (Lipinski definition) is 10. The highest BCUT2D eigenvalue weighted by molar-refractivity contribution is 5.80. The predicted octanol–water partition coefficient (Wildman–Crippen LogP) is 16.3. The van der Waals surface area contributed by atoms with Crippen LogP contribution in [0, 0.1) is 0 Å². The Balaban J connectivity index is 2.58. The molecular weight excluding hydrogens is 1010 g/mol. The number of nitrogens with one attached hydrogen (secondary N) is 1. The fraction of sp³-hybridized carbons (Fsp3) is 0.743. The molecule has 1 amide bonds. The normalized spacial score (nSPS) is 19.3. The Morgan fingerprint density at radius 1 is 0.506 bits per heavy atom. The molecule has 1 saturated heterocycles. The summed E-state index contributed by atoms with van der Waals surface area (Å²) in [5, 5.41) is 57.0. The Morgan fingerprint density at radius 2 is 0.938 bits per heavy atom. The van der Waals surface area contributed by atoms with Crippen molar-refractivity contribution in [3.63, 3.8) is 0 Å². The minimum absolute atomic E-state index is 0.0938. The number of carbonyl (C=O) groups excluding carboxylic acids is 2. The van der Waals surface area contributed by atoms with E-state index in [2.05, 4.69) is 74.7 Å². The lowest BCUT2D eigenvalue weighted by Gasteiger charge is -2.41. The van der Waals surface area contributed by atoms with Gasteiger partial charge in [-0.15, -0.1) is 0 Å². The molecule has 0 aromatic rings. The van der Waals surface area contributed by atoms with E-state index in [0.29, 0.717) is 12.8 Å². The first-order valence-corrected chi connectivity index (χ1v) is 33.1. The summed E-state index contributed by atoms with van der Waals surface area (Å²) < 4.78 is 17.6. The molecule has 1 fully saturated rings. The molecule has 0 aliphatic carbocycles. The van der Waals surface area contributed by atoms with Crippen LogP contribution in [0.4, 0.5) is 0 Å². The van der Waals surface area contributed by atoms with Crippen LogP contribution in [0.15, 0.2) is 97.2 Å². The second kappa shape index (κ2) is 57.0. The molecule has 11 heteroatoms. The third-order valence-electron chi connectivity index (χ3n) is 15.1. The van der Waals surface area contributed by atoms with Crippen molar-refractivity contribution in [1.29, 1.82) is 0 Å². The molecule has 0 bridgehead atoms. The van der Waals surface area contributed by atoms with Crippen LogP contribution in [0.25, 0.3) is 0 Å². The predicted molar refractivity (Wildman–Crippen MR) is 338 cm³/mol. The second-order valence-electron chi connectivity index (χ2n) is 22.6. The van der Waals surface area contributed by atoms with Gasteiger partial charge < -0.3 is 45.1 Å². The number of rotatable bonds is 55. The minimum Gasteiger partial charge on any atom is -0.454 e. The van der Waals surface area contributed by atoms with Gasteiger partial charge in [-0.2, -0.15) is 0 Å². The maximum atomic E-state index is 13.5. The molecule has 1 heterocycles. The highest BCUT2D eigenvalue weighted by Gasteiger charge is 2.47. The maximum Gasteiger partial charge on any atom is 0.306 e. The van der Waals surface area contributed by atoms with E-state index in [1.165, 1.54) is 135 Å². The number of unbranched alkanes of at least 4 members (excludes halogenated alkanes) is 30. The monoisotopic (exact) mass is 1140 g/mol. The quantitative estimate of drug-likeness (QED) is 0.0149. The number of aliphatic hydroxyl groups is 5. The van der Waals surface area contributed by atoms with Gasteiger partial charge in [0.1, 0.15) is 24.4 Å². The van der Waals surface area contributed by atoms with Crippen LogP contribution >= 0.6 is 0 Å². The van der Waals surface area contributed by atoms with E-state index in [0.717, 1.165) is 89.9 Å². The molecule has 0 spiro atoms. The molecule has 8 unspecified atom stereocenters. The fourth-order valence-electron chi connectivity index (χ4n) is 9.85. The summed E-state index contributed by atoms with van der Waals surface area (Å²) in [7, 11) is 0. The van der Waals surface area contributed by atoms with Crippen LogP contribution in [-0.2, 0) is 23.8 Å². The van der Waals surface area contributed by atoms with Gasteiger partial charge in [0.25, 0.3) is 0 Å². The van der Waals surface area contributed by atoms with Crippen LogP contribution in [0.3, 0.4) is 0 Å². The lowest BCUT2D eigenvalue weighted by Crippen LogP contribution is -2.61. The molecule has 0 saturated carbocycles. The van der Waals surface area contributed by atoms with E-state index in [-0.39, 0.29) is 19.4 Å². The molecule has 1 rings (SSSR count). The summed E-state index contributed by atoms with van der Waals surface area (Å²) >= 11 is 0. The van der Waals surface area contributed by atoms with E-state index in [1.54, 1.807) is 6.08 Å². The lowest BCUT2D eigenvalue weighted by molar-refractivity contribution is -0.305. The number of ether oxygens (including phenoxy) is 3. The van der Waals surface area contributed by atoms with Gasteiger partial charge >= 0.3 is 5.97 Å². The summed E-state index contributed by atoms with van der Waals surface area (Å²) in [5.41, 5.74) is 0. The third-order valence-corrected chi connectivity index (χ3v) is 15.1. The van der Waals surface area contributed by atoms with Crippen molar-refractivity contribution in [2.45, 2.75) is 320 Å². The van der Waals surface area contributed by atoms with Crippen LogP contribution < -0.4 is 5.32 Å². The average Bonchev–Trinajstić information content (AvgIpc) is 3.50. The topological polar surface area (TPSA) is 175 Å².